The molecule has 2 heterocycles. The van der Waals surface area contributed by atoms with E-state index < -0.39 is 0 Å². The molecule has 0 aromatic heterocycles. The van der Waals surface area contributed by atoms with Crippen molar-refractivity contribution in [2.45, 2.75) is 45.4 Å². The Morgan fingerprint density at radius 3 is 2.69 bits per heavy atom. The largest absolute Gasteiger partial charge is 0.363 e. The lowest BCUT2D eigenvalue weighted by Gasteiger charge is -2.37. The van der Waals surface area contributed by atoms with Crippen molar-refractivity contribution in [2.24, 2.45) is 5.41 Å². The second-order valence-electron chi connectivity index (χ2n) is 5.86. The summed E-state index contributed by atoms with van der Waals surface area (Å²) in [6.07, 6.45) is 4.11. The Bertz CT molecular complexity index is 213. The summed E-state index contributed by atoms with van der Waals surface area (Å²) in [7, 11) is 2.23. The summed E-state index contributed by atoms with van der Waals surface area (Å²) in [6.45, 7) is 7.72. The molecule has 3 nitrogen and oxygen atoms in total. The molecule has 2 rings (SSSR count). The highest BCUT2D eigenvalue weighted by Gasteiger charge is 2.30. The van der Waals surface area contributed by atoms with E-state index >= 15 is 0 Å². The highest BCUT2D eigenvalue weighted by atomic mass is 35.5. The van der Waals surface area contributed by atoms with Gasteiger partial charge in [-0.1, -0.05) is 13.8 Å². The monoisotopic (exact) mass is 248 g/mol. The highest BCUT2D eigenvalue weighted by Crippen LogP contribution is 2.24. The van der Waals surface area contributed by atoms with Crippen LogP contribution in [-0.4, -0.2) is 43.9 Å². The van der Waals surface area contributed by atoms with Crippen LogP contribution in [0.5, 0.6) is 0 Å². The summed E-state index contributed by atoms with van der Waals surface area (Å²) in [5.74, 6) is 0. The van der Waals surface area contributed by atoms with E-state index in [1.807, 2.05) is 0 Å². The first-order chi connectivity index (χ1) is 7.07. The maximum Gasteiger partial charge on any atom is 0.109 e. The molecule has 2 atom stereocenters. The molecule has 0 aromatic carbocycles. The minimum Gasteiger partial charge on any atom is -0.363 e. The second-order valence-corrected chi connectivity index (χ2v) is 5.86. The SMILES string of the molecule is CN1CCCC1CC1NCC(C)(C)CO1.Cl. The fraction of sp³-hybridized carbons (Fsp3) is 1.00. The van der Waals surface area contributed by atoms with Gasteiger partial charge in [-0.05, 0) is 26.4 Å². The minimum atomic E-state index is 0. The maximum absolute atomic E-state index is 5.87. The average Bonchev–Trinajstić information content (AvgIpc) is 2.56. The predicted octanol–water partition coefficient (Wildman–Crippen LogP) is 1.86. The number of nitrogens with one attached hydrogen (secondary N) is 1. The van der Waals surface area contributed by atoms with Crippen LogP contribution in [0.15, 0.2) is 0 Å². The molecule has 0 amide bonds. The Balaban J connectivity index is 0.00000128. The van der Waals surface area contributed by atoms with E-state index in [-0.39, 0.29) is 18.6 Å². The first-order valence-corrected chi connectivity index (χ1v) is 6.12. The van der Waals surface area contributed by atoms with Gasteiger partial charge in [-0.3, -0.25) is 5.32 Å². The molecule has 2 aliphatic rings. The fourth-order valence-corrected chi connectivity index (χ4v) is 2.50. The van der Waals surface area contributed by atoms with Crippen LogP contribution in [0.1, 0.15) is 33.1 Å². The number of halogens is 1. The van der Waals surface area contributed by atoms with Gasteiger partial charge >= 0.3 is 0 Å². The van der Waals surface area contributed by atoms with E-state index in [0.29, 0.717) is 5.41 Å². The average molecular weight is 249 g/mol. The molecular weight excluding hydrogens is 224 g/mol. The van der Waals surface area contributed by atoms with Crippen molar-refractivity contribution in [3.05, 3.63) is 0 Å². The van der Waals surface area contributed by atoms with Crippen molar-refractivity contribution in [3.63, 3.8) is 0 Å². The normalized spacial score (nSPS) is 34.7. The first-order valence-electron chi connectivity index (χ1n) is 6.12. The van der Waals surface area contributed by atoms with E-state index in [1.165, 1.54) is 19.4 Å². The molecular formula is C12H25ClN2O. The summed E-state index contributed by atoms with van der Waals surface area (Å²) >= 11 is 0. The maximum atomic E-state index is 5.87. The van der Waals surface area contributed by atoms with Crippen molar-refractivity contribution in [3.8, 4) is 0 Å². The minimum absolute atomic E-state index is 0. The highest BCUT2D eigenvalue weighted by molar-refractivity contribution is 5.85. The molecule has 2 unspecified atom stereocenters. The number of nitrogens with zero attached hydrogens (tertiary/aromatic N) is 1. The number of likely N-dealkylation sites (tertiary alicyclic amines) is 1. The molecule has 0 aromatic rings. The molecule has 1 N–H and O–H groups in total. The molecule has 0 radical (unpaired) electrons. The second kappa shape index (κ2) is 5.67. The van der Waals surface area contributed by atoms with Crippen molar-refractivity contribution in [2.75, 3.05) is 26.7 Å². The molecule has 2 fully saturated rings. The molecule has 2 saturated heterocycles. The van der Waals surface area contributed by atoms with Crippen LogP contribution in [0.2, 0.25) is 0 Å². The topological polar surface area (TPSA) is 24.5 Å². The van der Waals surface area contributed by atoms with Crippen molar-refractivity contribution < 1.29 is 4.74 Å². The standard InChI is InChI=1S/C12H24N2O.ClH/c1-12(2)8-13-11(15-9-12)7-10-5-4-6-14(10)3;/h10-11,13H,4-9H2,1-3H3;1H. The van der Waals surface area contributed by atoms with Crippen LogP contribution >= 0.6 is 12.4 Å². The quantitative estimate of drug-likeness (QED) is 0.808. The van der Waals surface area contributed by atoms with Crippen LogP contribution in [-0.2, 0) is 4.74 Å². The van der Waals surface area contributed by atoms with Gasteiger partial charge in [-0.2, -0.15) is 0 Å². The van der Waals surface area contributed by atoms with E-state index in [9.17, 15) is 0 Å². The number of ether oxygens (including phenoxy) is 1. The number of hydrogen-bond donors (Lipinski definition) is 1. The molecule has 0 spiro atoms. The molecule has 0 aliphatic carbocycles. The van der Waals surface area contributed by atoms with Crippen molar-refractivity contribution >= 4 is 12.4 Å². The Hall–Kier alpha value is 0.170. The van der Waals surface area contributed by atoms with Gasteiger partial charge in [-0.25, -0.2) is 0 Å². The summed E-state index contributed by atoms with van der Waals surface area (Å²) in [5, 5.41) is 3.51. The van der Waals surface area contributed by atoms with Gasteiger partial charge in [0.2, 0.25) is 0 Å². The summed E-state index contributed by atoms with van der Waals surface area (Å²) in [4.78, 5) is 2.46. The van der Waals surface area contributed by atoms with E-state index in [4.69, 9.17) is 4.74 Å². The summed E-state index contributed by atoms with van der Waals surface area (Å²) in [5.41, 5.74) is 0.304. The third-order valence-electron chi connectivity index (χ3n) is 3.64. The molecule has 96 valence electrons. The van der Waals surface area contributed by atoms with Gasteiger partial charge in [0.05, 0.1) is 6.61 Å². The van der Waals surface area contributed by atoms with Gasteiger partial charge < -0.3 is 9.64 Å². The molecule has 2 aliphatic heterocycles. The van der Waals surface area contributed by atoms with Crippen LogP contribution in [0.25, 0.3) is 0 Å². The zero-order valence-electron chi connectivity index (χ0n) is 10.7. The third-order valence-corrected chi connectivity index (χ3v) is 3.64. The van der Waals surface area contributed by atoms with Crippen LogP contribution < -0.4 is 5.32 Å². The van der Waals surface area contributed by atoms with Gasteiger partial charge in [0, 0.05) is 24.4 Å². The van der Waals surface area contributed by atoms with Crippen LogP contribution in [0.3, 0.4) is 0 Å². The lowest BCUT2D eigenvalue weighted by molar-refractivity contribution is -0.0678. The number of hydrogen-bond acceptors (Lipinski definition) is 3. The fourth-order valence-electron chi connectivity index (χ4n) is 2.50. The summed E-state index contributed by atoms with van der Waals surface area (Å²) < 4.78 is 5.87. The molecule has 4 heteroatoms. The third kappa shape index (κ3) is 3.59. The Labute approximate surface area is 105 Å². The predicted molar refractivity (Wildman–Crippen MR) is 69.0 cm³/mol. The van der Waals surface area contributed by atoms with Crippen molar-refractivity contribution in [1.29, 1.82) is 0 Å². The van der Waals surface area contributed by atoms with E-state index in [2.05, 4.69) is 31.1 Å². The van der Waals surface area contributed by atoms with E-state index in [0.717, 1.165) is 25.6 Å². The summed E-state index contributed by atoms with van der Waals surface area (Å²) in [6, 6.07) is 0.726. The van der Waals surface area contributed by atoms with Gasteiger partial charge in [0.25, 0.3) is 0 Å². The Kier molecular flexibility index (Phi) is 5.05. The van der Waals surface area contributed by atoms with Crippen molar-refractivity contribution in [1.82, 2.24) is 10.2 Å². The molecule has 0 saturated carbocycles. The smallest absolute Gasteiger partial charge is 0.109 e. The van der Waals surface area contributed by atoms with E-state index in [1.54, 1.807) is 0 Å². The Morgan fingerprint density at radius 2 is 2.19 bits per heavy atom. The zero-order valence-corrected chi connectivity index (χ0v) is 11.5. The van der Waals surface area contributed by atoms with Gasteiger partial charge in [-0.15, -0.1) is 12.4 Å². The van der Waals surface area contributed by atoms with Crippen LogP contribution in [0, 0.1) is 5.41 Å². The Morgan fingerprint density at radius 1 is 1.44 bits per heavy atom. The lowest BCUT2D eigenvalue weighted by atomic mass is 9.93. The zero-order chi connectivity index (χ0) is 10.9. The van der Waals surface area contributed by atoms with Crippen LogP contribution in [0.4, 0.5) is 0 Å². The first kappa shape index (κ1) is 14.2. The molecule has 16 heavy (non-hydrogen) atoms. The number of rotatable bonds is 2. The molecule has 0 bridgehead atoms. The van der Waals surface area contributed by atoms with Gasteiger partial charge in [0.15, 0.2) is 0 Å². The lowest BCUT2D eigenvalue weighted by Crippen LogP contribution is -2.49. The van der Waals surface area contributed by atoms with Gasteiger partial charge in [0.1, 0.15) is 6.23 Å².